The fourth-order valence-corrected chi connectivity index (χ4v) is 2.45. The van der Waals surface area contributed by atoms with E-state index in [2.05, 4.69) is 17.4 Å². The highest BCUT2D eigenvalue weighted by Gasteiger charge is 2.32. The summed E-state index contributed by atoms with van der Waals surface area (Å²) in [5.74, 6) is 0.330. The predicted octanol–water partition coefficient (Wildman–Crippen LogP) is 1.45. The van der Waals surface area contributed by atoms with Crippen LogP contribution in [-0.2, 0) is 4.79 Å². The van der Waals surface area contributed by atoms with Crippen molar-refractivity contribution >= 4 is 11.7 Å². The van der Waals surface area contributed by atoms with Crippen LogP contribution in [0.2, 0.25) is 0 Å². The molecule has 1 fully saturated rings. The molecule has 0 saturated heterocycles. The number of carbonyl (C=O) groups excluding carboxylic acids is 1. The van der Waals surface area contributed by atoms with Gasteiger partial charge in [0.2, 0.25) is 5.91 Å². The van der Waals surface area contributed by atoms with Gasteiger partial charge in [0, 0.05) is 17.9 Å². The number of nitrogens with two attached hydrogens (primary N) is 1. The molecule has 1 saturated carbocycles. The van der Waals surface area contributed by atoms with Gasteiger partial charge >= 0.3 is 0 Å². The first-order valence-electron chi connectivity index (χ1n) is 6.37. The average molecular weight is 241 g/mol. The molecule has 5 heteroatoms. The number of amidine groups is 1. The predicted molar refractivity (Wildman–Crippen MR) is 66.8 cm³/mol. The number of rotatable bonds is 5. The average Bonchev–Trinajstić information content (AvgIpc) is 2.76. The normalized spacial score (nSPS) is 26.8. The Morgan fingerprint density at radius 1 is 1.59 bits per heavy atom. The van der Waals surface area contributed by atoms with Crippen LogP contribution in [0.25, 0.3) is 0 Å². The molecule has 1 aliphatic carbocycles. The molecule has 0 aromatic rings. The largest absolute Gasteiger partial charge is 0.409 e. The minimum absolute atomic E-state index is 0.0159. The van der Waals surface area contributed by atoms with Crippen LogP contribution in [0.1, 0.15) is 46.0 Å². The summed E-state index contributed by atoms with van der Waals surface area (Å²) in [4.78, 5) is 11.9. The van der Waals surface area contributed by atoms with Gasteiger partial charge in [-0.15, -0.1) is 0 Å². The highest BCUT2D eigenvalue weighted by Crippen LogP contribution is 2.26. The summed E-state index contributed by atoms with van der Waals surface area (Å²) in [7, 11) is 0. The first-order valence-corrected chi connectivity index (χ1v) is 6.37. The molecule has 4 N–H and O–H groups in total. The first kappa shape index (κ1) is 13.8. The van der Waals surface area contributed by atoms with E-state index in [9.17, 15) is 4.79 Å². The lowest BCUT2D eigenvalue weighted by molar-refractivity contribution is -0.125. The number of hydrogen-bond acceptors (Lipinski definition) is 3. The van der Waals surface area contributed by atoms with Gasteiger partial charge < -0.3 is 16.3 Å². The van der Waals surface area contributed by atoms with Crippen LogP contribution >= 0.6 is 0 Å². The van der Waals surface area contributed by atoms with Crippen molar-refractivity contribution in [3.8, 4) is 0 Å². The highest BCUT2D eigenvalue weighted by molar-refractivity contribution is 5.85. The van der Waals surface area contributed by atoms with Crippen LogP contribution in [0.5, 0.6) is 0 Å². The van der Waals surface area contributed by atoms with Gasteiger partial charge in [-0.2, -0.15) is 0 Å². The smallest absolute Gasteiger partial charge is 0.223 e. The van der Waals surface area contributed by atoms with Gasteiger partial charge in [-0.3, -0.25) is 4.79 Å². The summed E-state index contributed by atoms with van der Waals surface area (Å²) >= 11 is 0. The molecular formula is C12H23N3O2. The summed E-state index contributed by atoms with van der Waals surface area (Å²) in [6, 6.07) is 0.0257. The van der Waals surface area contributed by atoms with Crippen molar-refractivity contribution in [1.29, 1.82) is 0 Å². The van der Waals surface area contributed by atoms with Crippen LogP contribution in [0.15, 0.2) is 5.16 Å². The molecule has 0 heterocycles. The zero-order valence-corrected chi connectivity index (χ0v) is 10.6. The van der Waals surface area contributed by atoms with Crippen molar-refractivity contribution in [1.82, 2.24) is 5.32 Å². The number of oxime groups is 1. The van der Waals surface area contributed by atoms with Crippen LogP contribution in [0.3, 0.4) is 0 Å². The Bertz CT molecular complexity index is 291. The van der Waals surface area contributed by atoms with Crippen molar-refractivity contribution in [2.75, 3.05) is 0 Å². The molecule has 3 atom stereocenters. The van der Waals surface area contributed by atoms with Gasteiger partial charge in [-0.1, -0.05) is 31.8 Å². The molecule has 3 unspecified atom stereocenters. The Hall–Kier alpha value is -1.26. The third kappa shape index (κ3) is 3.61. The van der Waals surface area contributed by atoms with Gasteiger partial charge in [-0.05, 0) is 19.3 Å². The zero-order chi connectivity index (χ0) is 12.8. The maximum absolute atomic E-state index is 11.9. The van der Waals surface area contributed by atoms with Gasteiger partial charge in [-0.25, -0.2) is 0 Å². The fourth-order valence-electron chi connectivity index (χ4n) is 2.45. The summed E-state index contributed by atoms with van der Waals surface area (Å²) in [6.07, 6.45) is 4.69. The highest BCUT2D eigenvalue weighted by atomic mass is 16.4. The van der Waals surface area contributed by atoms with E-state index in [1.165, 1.54) is 0 Å². The minimum Gasteiger partial charge on any atom is -0.409 e. The second-order valence-corrected chi connectivity index (χ2v) is 4.87. The lowest BCUT2D eigenvalue weighted by Crippen LogP contribution is -2.44. The van der Waals surface area contributed by atoms with Crippen molar-refractivity contribution in [3.05, 3.63) is 0 Å². The molecule has 98 valence electrons. The summed E-state index contributed by atoms with van der Waals surface area (Å²) < 4.78 is 0. The fraction of sp³-hybridized carbons (Fsp3) is 0.833. The van der Waals surface area contributed by atoms with E-state index in [0.29, 0.717) is 0 Å². The van der Waals surface area contributed by atoms with Gasteiger partial charge in [0.05, 0.1) is 0 Å². The van der Waals surface area contributed by atoms with Crippen LogP contribution in [0, 0.1) is 11.8 Å². The second kappa shape index (κ2) is 6.47. The van der Waals surface area contributed by atoms with Crippen molar-refractivity contribution in [3.63, 3.8) is 0 Å². The SMILES string of the molecule is CCCC(C)C(=O)NC1CCCC1C(N)=NO. The lowest BCUT2D eigenvalue weighted by atomic mass is 10.00. The van der Waals surface area contributed by atoms with E-state index in [1.807, 2.05) is 6.92 Å². The van der Waals surface area contributed by atoms with Crippen LogP contribution in [0.4, 0.5) is 0 Å². The summed E-state index contributed by atoms with van der Waals surface area (Å²) in [5, 5.41) is 14.8. The molecule has 5 nitrogen and oxygen atoms in total. The third-order valence-electron chi connectivity index (χ3n) is 3.51. The Labute approximate surface area is 102 Å². The van der Waals surface area contributed by atoms with Crippen LogP contribution in [-0.4, -0.2) is 23.0 Å². The lowest BCUT2D eigenvalue weighted by Gasteiger charge is -2.21. The molecule has 0 aromatic heterocycles. The van der Waals surface area contributed by atoms with E-state index in [4.69, 9.17) is 10.9 Å². The standard InChI is InChI=1S/C12H23N3O2/c1-3-5-8(2)12(16)14-10-7-4-6-9(10)11(13)15-17/h8-10,17H,3-7H2,1-2H3,(H2,13,15)(H,14,16). The Balaban J connectivity index is 2.53. The maximum atomic E-state index is 11.9. The molecule has 0 spiro atoms. The van der Waals surface area contributed by atoms with Gasteiger partial charge in [0.1, 0.15) is 5.84 Å². The van der Waals surface area contributed by atoms with Crippen molar-refractivity contribution in [2.45, 2.75) is 52.0 Å². The van der Waals surface area contributed by atoms with Gasteiger partial charge in [0.25, 0.3) is 0 Å². The molecule has 1 aliphatic rings. The zero-order valence-electron chi connectivity index (χ0n) is 10.6. The summed E-state index contributed by atoms with van der Waals surface area (Å²) in [6.45, 7) is 4.00. The quantitative estimate of drug-likeness (QED) is 0.295. The number of nitrogens with one attached hydrogen (secondary N) is 1. The Kier molecular flexibility index (Phi) is 5.25. The van der Waals surface area contributed by atoms with Crippen molar-refractivity contribution in [2.24, 2.45) is 22.7 Å². The topological polar surface area (TPSA) is 87.7 Å². The first-order chi connectivity index (χ1) is 8.10. The molecule has 1 rings (SSSR count). The molecule has 0 bridgehead atoms. The van der Waals surface area contributed by atoms with Crippen molar-refractivity contribution < 1.29 is 10.0 Å². The Morgan fingerprint density at radius 3 is 2.88 bits per heavy atom. The van der Waals surface area contributed by atoms with Gasteiger partial charge in [0.15, 0.2) is 0 Å². The summed E-state index contributed by atoms with van der Waals surface area (Å²) in [5.41, 5.74) is 5.63. The van der Waals surface area contributed by atoms with E-state index < -0.39 is 0 Å². The number of hydrogen-bond donors (Lipinski definition) is 3. The molecule has 17 heavy (non-hydrogen) atoms. The third-order valence-corrected chi connectivity index (χ3v) is 3.51. The molecular weight excluding hydrogens is 218 g/mol. The Morgan fingerprint density at radius 2 is 2.29 bits per heavy atom. The van der Waals surface area contributed by atoms with Crippen LogP contribution < -0.4 is 11.1 Å². The number of nitrogens with zero attached hydrogens (tertiary/aromatic N) is 1. The maximum Gasteiger partial charge on any atom is 0.223 e. The molecule has 0 radical (unpaired) electrons. The molecule has 1 amide bonds. The van der Waals surface area contributed by atoms with E-state index in [-0.39, 0.29) is 29.6 Å². The number of carbonyl (C=O) groups is 1. The molecule has 0 aliphatic heterocycles. The number of amides is 1. The van der Waals surface area contributed by atoms with E-state index >= 15 is 0 Å². The second-order valence-electron chi connectivity index (χ2n) is 4.87. The van der Waals surface area contributed by atoms with E-state index in [1.54, 1.807) is 0 Å². The van der Waals surface area contributed by atoms with E-state index in [0.717, 1.165) is 32.1 Å². The monoisotopic (exact) mass is 241 g/mol. The molecule has 0 aromatic carbocycles. The minimum atomic E-state index is -0.0159.